The highest BCUT2D eigenvalue weighted by atomic mass is 35.5. The molecular weight excluding hydrogens is 264 g/mol. The molecule has 2 atom stereocenters. The van der Waals surface area contributed by atoms with E-state index in [1.807, 2.05) is 0 Å². The number of allylic oxidation sites excluding steroid dienone is 2. The Labute approximate surface area is 115 Å². The van der Waals surface area contributed by atoms with Crippen LogP contribution in [0.15, 0.2) is 35.5 Å². The van der Waals surface area contributed by atoms with Crippen LogP contribution in [0.5, 0.6) is 0 Å². The highest BCUT2D eigenvalue weighted by Crippen LogP contribution is 2.40. The molecule has 98 valence electrons. The van der Waals surface area contributed by atoms with Crippen molar-refractivity contribution in [3.8, 4) is 0 Å². The van der Waals surface area contributed by atoms with Crippen LogP contribution in [0.4, 0.5) is 5.69 Å². The second kappa shape index (κ2) is 4.70. The number of fused-ring (bicyclic) bond motifs is 1. The molecule has 5 heteroatoms. The van der Waals surface area contributed by atoms with E-state index in [2.05, 4.69) is 22.7 Å². The van der Waals surface area contributed by atoms with Crippen molar-refractivity contribution in [1.82, 2.24) is 0 Å². The minimum Gasteiger partial charge on any atom is -0.545 e. The van der Waals surface area contributed by atoms with Crippen LogP contribution in [0.2, 0.25) is 5.02 Å². The average Bonchev–Trinajstić information content (AvgIpc) is 2.73. The summed E-state index contributed by atoms with van der Waals surface area (Å²) in [5, 5.41) is 15.6. The van der Waals surface area contributed by atoms with Crippen molar-refractivity contribution in [3.05, 3.63) is 40.9 Å². The molecule has 1 aromatic rings. The maximum absolute atomic E-state index is 10.8. The van der Waals surface area contributed by atoms with Crippen LogP contribution in [0, 0.1) is 11.8 Å². The average molecular weight is 276 g/mol. The molecular formula is C14H12ClN2O2-. The van der Waals surface area contributed by atoms with Crippen LogP contribution in [0.25, 0.3) is 0 Å². The number of carboxylic acids is 1. The van der Waals surface area contributed by atoms with E-state index < -0.39 is 5.97 Å². The summed E-state index contributed by atoms with van der Waals surface area (Å²) in [6, 6.07) is 4.37. The summed E-state index contributed by atoms with van der Waals surface area (Å²) in [6.45, 7) is 0. The van der Waals surface area contributed by atoms with Crippen LogP contribution >= 0.6 is 11.6 Å². The number of nitrogens with one attached hydrogen (secondary N) is 1. The Bertz CT molecular complexity index is 595. The van der Waals surface area contributed by atoms with E-state index in [0.29, 0.717) is 22.5 Å². The molecule has 0 saturated heterocycles. The van der Waals surface area contributed by atoms with Crippen LogP contribution < -0.4 is 10.5 Å². The number of carbonyl (C=O) groups excluding carboxylic acids is 1. The Hall–Kier alpha value is -1.81. The molecule has 2 aliphatic carbocycles. The van der Waals surface area contributed by atoms with Crippen LogP contribution in [0.3, 0.4) is 0 Å². The molecule has 2 aliphatic rings. The van der Waals surface area contributed by atoms with Crippen LogP contribution in [-0.4, -0.2) is 11.7 Å². The van der Waals surface area contributed by atoms with Crippen LogP contribution in [0.1, 0.15) is 23.2 Å². The Morgan fingerprint density at radius 3 is 3.05 bits per heavy atom. The first kappa shape index (κ1) is 12.2. The normalized spacial score (nSPS) is 26.1. The molecule has 0 spiro atoms. The largest absolute Gasteiger partial charge is 0.545 e. The molecule has 0 aliphatic heterocycles. The third-order valence-corrected chi connectivity index (χ3v) is 4.01. The molecule has 0 radical (unpaired) electrons. The Balaban J connectivity index is 1.75. The van der Waals surface area contributed by atoms with E-state index in [4.69, 9.17) is 11.6 Å². The third-order valence-electron chi connectivity index (χ3n) is 3.68. The van der Waals surface area contributed by atoms with Gasteiger partial charge in [0.25, 0.3) is 0 Å². The molecule has 0 amide bonds. The lowest BCUT2D eigenvalue weighted by Crippen LogP contribution is -2.33. The summed E-state index contributed by atoms with van der Waals surface area (Å²) in [7, 11) is 0. The van der Waals surface area contributed by atoms with E-state index in [1.165, 1.54) is 18.2 Å². The number of aromatic carboxylic acids is 1. The van der Waals surface area contributed by atoms with Gasteiger partial charge in [0.2, 0.25) is 0 Å². The molecule has 0 heterocycles. The first-order chi connectivity index (χ1) is 9.15. The molecule has 1 saturated carbocycles. The van der Waals surface area contributed by atoms with Crippen LogP contribution in [-0.2, 0) is 0 Å². The first-order valence-corrected chi connectivity index (χ1v) is 6.53. The number of hydrogen-bond acceptors (Lipinski definition) is 4. The standard InChI is InChI=1S/C14H13ClN2O2/c15-11-5-4-9(14(18)19)7-13(11)17-16-12-6-8-2-1-3-10(8)12/h1-2,4-5,7-8,10,17H,3,6H2,(H,18,19)/p-1/b16-12-/t8-,10+/m0/s1. The van der Waals surface area contributed by atoms with Crippen molar-refractivity contribution in [3.63, 3.8) is 0 Å². The zero-order chi connectivity index (χ0) is 13.4. The number of benzene rings is 1. The predicted octanol–water partition coefficient (Wildman–Crippen LogP) is 2.07. The number of rotatable bonds is 3. The van der Waals surface area contributed by atoms with Gasteiger partial charge in [0.05, 0.1) is 16.7 Å². The fraction of sp³-hybridized carbons (Fsp3) is 0.286. The summed E-state index contributed by atoms with van der Waals surface area (Å²) in [6.07, 6.45) is 6.42. The molecule has 1 fully saturated rings. The summed E-state index contributed by atoms with van der Waals surface area (Å²) >= 11 is 6.00. The number of anilines is 1. The molecule has 0 unspecified atom stereocenters. The SMILES string of the molecule is O=C([O-])c1ccc(Cl)c(N/N=C2/C[C@@H]3C=CC[C@@H]23)c1. The van der Waals surface area contributed by atoms with Crippen molar-refractivity contribution < 1.29 is 9.90 Å². The van der Waals surface area contributed by atoms with Gasteiger partial charge in [-0.05, 0) is 36.5 Å². The van der Waals surface area contributed by atoms with E-state index >= 15 is 0 Å². The van der Waals surface area contributed by atoms with Crippen molar-refractivity contribution in [2.45, 2.75) is 12.8 Å². The maximum atomic E-state index is 10.8. The van der Waals surface area contributed by atoms with Gasteiger partial charge >= 0.3 is 0 Å². The molecule has 4 nitrogen and oxygen atoms in total. The van der Waals surface area contributed by atoms with Gasteiger partial charge in [-0.3, -0.25) is 5.43 Å². The zero-order valence-electron chi connectivity index (χ0n) is 10.1. The van der Waals surface area contributed by atoms with Gasteiger partial charge in [-0.15, -0.1) is 0 Å². The van der Waals surface area contributed by atoms with Gasteiger partial charge < -0.3 is 9.90 Å². The number of halogens is 1. The van der Waals surface area contributed by atoms with Gasteiger partial charge in [-0.25, -0.2) is 0 Å². The lowest BCUT2D eigenvalue weighted by Gasteiger charge is -2.32. The van der Waals surface area contributed by atoms with Gasteiger partial charge in [0.1, 0.15) is 0 Å². The molecule has 0 aromatic heterocycles. The van der Waals surface area contributed by atoms with Gasteiger partial charge in [0, 0.05) is 11.6 Å². The van der Waals surface area contributed by atoms with Crippen molar-refractivity contribution in [1.29, 1.82) is 0 Å². The minimum atomic E-state index is -1.23. The highest BCUT2D eigenvalue weighted by Gasteiger charge is 2.37. The van der Waals surface area contributed by atoms with Gasteiger partial charge in [-0.1, -0.05) is 29.8 Å². The number of carboxylic acid groups (broad SMARTS) is 1. The molecule has 3 rings (SSSR count). The fourth-order valence-electron chi connectivity index (χ4n) is 2.53. The summed E-state index contributed by atoms with van der Waals surface area (Å²) in [5.74, 6) is -0.0859. The van der Waals surface area contributed by atoms with Gasteiger partial charge in [0.15, 0.2) is 0 Å². The van der Waals surface area contributed by atoms with Gasteiger partial charge in [-0.2, -0.15) is 5.10 Å². The quantitative estimate of drug-likeness (QED) is 0.678. The topological polar surface area (TPSA) is 64.5 Å². The monoisotopic (exact) mass is 275 g/mol. The molecule has 1 N–H and O–H groups in total. The number of carbonyl (C=O) groups is 1. The first-order valence-electron chi connectivity index (χ1n) is 6.15. The maximum Gasteiger partial charge on any atom is 0.0754 e. The molecule has 19 heavy (non-hydrogen) atoms. The predicted molar refractivity (Wildman–Crippen MR) is 72.2 cm³/mol. The van der Waals surface area contributed by atoms with Crippen molar-refractivity contribution >= 4 is 29.0 Å². The lowest BCUT2D eigenvalue weighted by atomic mass is 9.74. The Morgan fingerprint density at radius 2 is 2.32 bits per heavy atom. The summed E-state index contributed by atoms with van der Waals surface area (Å²) < 4.78 is 0. The Kier molecular flexibility index (Phi) is 3.03. The number of hydrazone groups is 1. The smallest absolute Gasteiger partial charge is 0.0754 e. The second-order valence-corrected chi connectivity index (χ2v) is 5.24. The fourth-order valence-corrected chi connectivity index (χ4v) is 2.69. The van der Waals surface area contributed by atoms with E-state index in [9.17, 15) is 9.90 Å². The van der Waals surface area contributed by atoms with E-state index in [0.717, 1.165) is 18.6 Å². The van der Waals surface area contributed by atoms with E-state index in [1.54, 1.807) is 0 Å². The van der Waals surface area contributed by atoms with Crippen molar-refractivity contribution in [2.75, 3.05) is 5.43 Å². The van der Waals surface area contributed by atoms with Crippen molar-refractivity contribution in [2.24, 2.45) is 16.9 Å². The number of nitrogens with zero attached hydrogens (tertiary/aromatic N) is 1. The lowest BCUT2D eigenvalue weighted by molar-refractivity contribution is -0.255. The number of hydrogen-bond donors (Lipinski definition) is 1. The second-order valence-electron chi connectivity index (χ2n) is 4.84. The zero-order valence-corrected chi connectivity index (χ0v) is 10.9. The molecule has 1 aromatic carbocycles. The Morgan fingerprint density at radius 1 is 1.47 bits per heavy atom. The highest BCUT2D eigenvalue weighted by molar-refractivity contribution is 6.33. The third kappa shape index (κ3) is 2.24. The summed E-state index contributed by atoms with van der Waals surface area (Å²) in [4.78, 5) is 10.8. The summed E-state index contributed by atoms with van der Waals surface area (Å²) in [5.41, 5.74) is 4.55. The minimum absolute atomic E-state index is 0.0844. The molecule has 0 bridgehead atoms. The van der Waals surface area contributed by atoms with E-state index in [-0.39, 0.29) is 5.56 Å².